The zero-order valence-electron chi connectivity index (χ0n) is 10.5. The molecule has 0 radical (unpaired) electrons. The van der Waals surface area contributed by atoms with Gasteiger partial charge in [-0.05, 0) is 27.7 Å². The van der Waals surface area contributed by atoms with Gasteiger partial charge in [0.2, 0.25) is 0 Å². The van der Waals surface area contributed by atoms with Gasteiger partial charge in [0.15, 0.2) is 0 Å². The summed E-state index contributed by atoms with van der Waals surface area (Å²) in [6, 6.07) is 0.0877. The van der Waals surface area contributed by atoms with Gasteiger partial charge in [-0.15, -0.1) is 5.10 Å². The third kappa shape index (κ3) is 6.06. The minimum absolute atomic E-state index is 0.0877. The molecule has 0 aliphatic carbocycles. The number of alkyl carbamates (subject to hydrolysis) is 1. The van der Waals surface area contributed by atoms with E-state index >= 15 is 0 Å². The predicted molar refractivity (Wildman–Crippen MR) is 67.2 cm³/mol. The van der Waals surface area contributed by atoms with Crippen LogP contribution in [-0.4, -0.2) is 33.9 Å². The Morgan fingerprint density at radius 1 is 1.59 bits per heavy atom. The fraction of sp³-hybridized carbons (Fsp3) is 0.700. The summed E-state index contributed by atoms with van der Waals surface area (Å²) in [5.74, 6) is 0. The van der Waals surface area contributed by atoms with E-state index in [0.29, 0.717) is 6.54 Å². The predicted octanol–water partition coefficient (Wildman–Crippen LogP) is 1.86. The Hall–Kier alpha value is -1.37. The van der Waals surface area contributed by atoms with E-state index in [1.54, 1.807) is 6.20 Å². The van der Waals surface area contributed by atoms with Crippen LogP contribution in [0.4, 0.5) is 9.80 Å². The number of hydrogen-bond donors (Lipinski definition) is 2. The molecule has 96 valence electrons. The topological polar surface area (TPSA) is 76.1 Å². The second-order valence-corrected chi connectivity index (χ2v) is 5.50. The molecule has 0 aliphatic heterocycles. The molecule has 0 spiro atoms. The normalized spacial score (nSPS) is 12.9. The van der Waals surface area contributed by atoms with Crippen molar-refractivity contribution in [3.05, 3.63) is 6.20 Å². The average Bonchev–Trinajstić information content (AvgIpc) is 2.64. The maximum atomic E-state index is 11.4. The average molecular weight is 258 g/mol. The van der Waals surface area contributed by atoms with Crippen LogP contribution in [0.2, 0.25) is 0 Å². The van der Waals surface area contributed by atoms with Gasteiger partial charge >= 0.3 is 6.09 Å². The standard InChI is InChI=1S/C10H18N4O2S/c1-7(13-8-6-12-14-17-8)5-11-9(15)16-10(2,3)4/h6-7,13H,5H2,1-4H3,(H,11,15). The lowest BCUT2D eigenvalue weighted by Crippen LogP contribution is -2.38. The van der Waals surface area contributed by atoms with Crippen LogP contribution in [0, 0.1) is 0 Å². The number of hydrogen-bond acceptors (Lipinski definition) is 6. The molecule has 7 heteroatoms. The van der Waals surface area contributed by atoms with Crippen LogP contribution in [0.1, 0.15) is 27.7 Å². The van der Waals surface area contributed by atoms with Gasteiger partial charge in [-0.1, -0.05) is 4.49 Å². The van der Waals surface area contributed by atoms with E-state index in [1.807, 2.05) is 27.7 Å². The van der Waals surface area contributed by atoms with E-state index < -0.39 is 11.7 Å². The van der Waals surface area contributed by atoms with Crippen molar-refractivity contribution in [1.82, 2.24) is 14.9 Å². The second kappa shape index (κ2) is 5.81. The third-order valence-electron chi connectivity index (χ3n) is 1.70. The summed E-state index contributed by atoms with van der Waals surface area (Å²) in [7, 11) is 0. The molecule has 1 unspecified atom stereocenters. The number of carbonyl (C=O) groups excluding carboxylic acids is 1. The van der Waals surface area contributed by atoms with Crippen molar-refractivity contribution in [3.63, 3.8) is 0 Å². The molecule has 1 amide bonds. The molecule has 0 bridgehead atoms. The molecule has 0 aromatic carbocycles. The number of nitrogens with one attached hydrogen (secondary N) is 2. The van der Waals surface area contributed by atoms with Crippen LogP contribution in [0.25, 0.3) is 0 Å². The van der Waals surface area contributed by atoms with E-state index in [0.717, 1.165) is 5.00 Å². The molecule has 1 aromatic heterocycles. The molecule has 0 fully saturated rings. The van der Waals surface area contributed by atoms with Gasteiger partial charge in [0.25, 0.3) is 0 Å². The van der Waals surface area contributed by atoms with Crippen molar-refractivity contribution < 1.29 is 9.53 Å². The maximum absolute atomic E-state index is 11.4. The SMILES string of the molecule is CC(CNC(=O)OC(C)(C)C)Nc1cnns1. The number of nitrogens with zero attached hydrogens (tertiary/aromatic N) is 2. The number of amides is 1. The Morgan fingerprint density at radius 3 is 2.82 bits per heavy atom. The van der Waals surface area contributed by atoms with Gasteiger partial charge in [0.1, 0.15) is 10.6 Å². The lowest BCUT2D eigenvalue weighted by atomic mass is 10.2. The van der Waals surface area contributed by atoms with Gasteiger partial charge in [0.05, 0.1) is 6.20 Å². The number of carbonyl (C=O) groups is 1. The summed E-state index contributed by atoms with van der Waals surface area (Å²) in [6.45, 7) is 7.93. The summed E-state index contributed by atoms with van der Waals surface area (Å²) in [6.07, 6.45) is 1.24. The first-order valence-electron chi connectivity index (χ1n) is 5.37. The van der Waals surface area contributed by atoms with Crippen LogP contribution >= 0.6 is 11.5 Å². The fourth-order valence-electron chi connectivity index (χ4n) is 1.08. The van der Waals surface area contributed by atoms with E-state index in [-0.39, 0.29) is 6.04 Å². The Morgan fingerprint density at radius 2 is 2.29 bits per heavy atom. The summed E-state index contributed by atoms with van der Waals surface area (Å²) in [4.78, 5) is 11.4. The van der Waals surface area contributed by atoms with Crippen molar-refractivity contribution >= 4 is 22.6 Å². The zero-order valence-corrected chi connectivity index (χ0v) is 11.3. The highest BCUT2D eigenvalue weighted by Gasteiger charge is 2.16. The van der Waals surface area contributed by atoms with Crippen molar-refractivity contribution in [3.8, 4) is 0 Å². The summed E-state index contributed by atoms with van der Waals surface area (Å²) in [5.41, 5.74) is -0.470. The third-order valence-corrected chi connectivity index (χ3v) is 2.30. The second-order valence-electron chi connectivity index (χ2n) is 4.71. The summed E-state index contributed by atoms with van der Waals surface area (Å²) >= 11 is 1.28. The molecule has 6 nitrogen and oxygen atoms in total. The number of anilines is 1. The number of rotatable bonds is 4. The molecule has 1 aromatic rings. The summed E-state index contributed by atoms with van der Waals surface area (Å²) in [5, 5.41) is 10.4. The van der Waals surface area contributed by atoms with Gasteiger partial charge in [0, 0.05) is 24.1 Å². The molecule has 1 rings (SSSR count). The maximum Gasteiger partial charge on any atom is 0.407 e. The van der Waals surface area contributed by atoms with E-state index in [9.17, 15) is 4.79 Å². The van der Waals surface area contributed by atoms with Crippen molar-refractivity contribution in [2.75, 3.05) is 11.9 Å². The lowest BCUT2D eigenvalue weighted by molar-refractivity contribution is 0.0526. The van der Waals surface area contributed by atoms with Gasteiger partial charge in [-0.25, -0.2) is 4.79 Å². The van der Waals surface area contributed by atoms with Crippen molar-refractivity contribution in [2.24, 2.45) is 0 Å². The minimum Gasteiger partial charge on any atom is -0.444 e. The monoisotopic (exact) mass is 258 g/mol. The van der Waals surface area contributed by atoms with Crippen LogP contribution in [0.15, 0.2) is 6.20 Å². The van der Waals surface area contributed by atoms with Gasteiger partial charge < -0.3 is 15.4 Å². The molecule has 17 heavy (non-hydrogen) atoms. The lowest BCUT2D eigenvalue weighted by Gasteiger charge is -2.21. The fourth-order valence-corrected chi connectivity index (χ4v) is 1.61. The largest absolute Gasteiger partial charge is 0.444 e. The Labute approximate surface area is 105 Å². The number of aromatic nitrogens is 2. The smallest absolute Gasteiger partial charge is 0.407 e. The first-order chi connectivity index (χ1) is 7.87. The van der Waals surface area contributed by atoms with E-state index in [4.69, 9.17) is 4.74 Å². The first-order valence-corrected chi connectivity index (χ1v) is 6.15. The quantitative estimate of drug-likeness (QED) is 0.862. The first kappa shape index (κ1) is 13.7. The van der Waals surface area contributed by atoms with E-state index in [2.05, 4.69) is 20.2 Å². The molecule has 0 aliphatic rings. The van der Waals surface area contributed by atoms with Crippen molar-refractivity contribution in [1.29, 1.82) is 0 Å². The van der Waals surface area contributed by atoms with Crippen LogP contribution < -0.4 is 10.6 Å². The van der Waals surface area contributed by atoms with E-state index in [1.165, 1.54) is 11.5 Å². The highest BCUT2D eigenvalue weighted by molar-refractivity contribution is 7.09. The molecule has 0 saturated heterocycles. The van der Waals surface area contributed by atoms with Crippen LogP contribution in [-0.2, 0) is 4.74 Å². The highest BCUT2D eigenvalue weighted by Crippen LogP contribution is 2.10. The molecular formula is C10H18N4O2S. The Balaban J connectivity index is 2.24. The molecule has 2 N–H and O–H groups in total. The molecular weight excluding hydrogens is 240 g/mol. The Bertz CT molecular complexity index is 348. The van der Waals surface area contributed by atoms with Gasteiger partial charge in [-0.3, -0.25) is 0 Å². The van der Waals surface area contributed by atoms with Crippen molar-refractivity contribution in [2.45, 2.75) is 39.3 Å². The number of ether oxygens (including phenoxy) is 1. The molecule has 0 saturated carbocycles. The minimum atomic E-state index is -0.470. The van der Waals surface area contributed by atoms with Crippen LogP contribution in [0.5, 0.6) is 0 Å². The zero-order chi connectivity index (χ0) is 12.9. The van der Waals surface area contributed by atoms with Crippen LogP contribution in [0.3, 0.4) is 0 Å². The van der Waals surface area contributed by atoms with Gasteiger partial charge in [-0.2, -0.15) is 0 Å². The molecule has 1 atom stereocenters. The molecule has 1 heterocycles. The Kier molecular flexibility index (Phi) is 4.68. The highest BCUT2D eigenvalue weighted by atomic mass is 32.1. The summed E-state index contributed by atoms with van der Waals surface area (Å²) < 4.78 is 8.86.